The summed E-state index contributed by atoms with van der Waals surface area (Å²) in [4.78, 5) is 9.00. The summed E-state index contributed by atoms with van der Waals surface area (Å²) in [5, 5.41) is 0. The normalized spacial score (nSPS) is 13.0. The Hall–Kier alpha value is -0.430. The molecule has 1 rings (SSSR count). The lowest BCUT2D eigenvalue weighted by molar-refractivity contribution is 0.0533. The lowest BCUT2D eigenvalue weighted by atomic mass is 10.1. The van der Waals surface area contributed by atoms with Gasteiger partial charge in [0.2, 0.25) is 0 Å². The van der Waals surface area contributed by atoms with Crippen LogP contribution in [0, 0.1) is 9.49 Å². The molecule has 1 heterocycles. The van der Waals surface area contributed by atoms with Gasteiger partial charge in [-0.3, -0.25) is 0 Å². The van der Waals surface area contributed by atoms with Gasteiger partial charge in [-0.15, -0.1) is 0 Å². The Morgan fingerprint density at radius 2 is 1.94 bits per heavy atom. The van der Waals surface area contributed by atoms with E-state index < -0.39 is 0 Å². The average Bonchev–Trinajstić information content (AvgIpc) is 2.31. The molecule has 0 amide bonds. The molecule has 0 bridgehead atoms. The van der Waals surface area contributed by atoms with Crippen molar-refractivity contribution in [1.82, 2.24) is 9.97 Å². The minimum Gasteiger partial charge on any atom is -0.383 e. The highest BCUT2D eigenvalue weighted by Crippen LogP contribution is 2.24. The molecule has 0 aromatic carbocycles. The van der Waals surface area contributed by atoms with E-state index in [1.165, 1.54) is 0 Å². The van der Waals surface area contributed by atoms with Gasteiger partial charge in [-0.25, -0.2) is 9.97 Å². The quantitative estimate of drug-likeness (QED) is 0.788. The van der Waals surface area contributed by atoms with Gasteiger partial charge in [0.1, 0.15) is 11.9 Å². The van der Waals surface area contributed by atoms with Gasteiger partial charge in [-0.05, 0) is 48.3 Å². The van der Waals surface area contributed by atoms with Gasteiger partial charge in [0.15, 0.2) is 5.82 Å². The predicted molar refractivity (Wildman–Crippen MR) is 82.4 cm³/mol. The Balaban J connectivity index is 3.09. The van der Waals surface area contributed by atoms with Gasteiger partial charge in [0.05, 0.1) is 9.26 Å². The van der Waals surface area contributed by atoms with Crippen LogP contribution in [0.25, 0.3) is 0 Å². The summed E-state index contributed by atoms with van der Waals surface area (Å²) < 4.78 is 6.62. The smallest absolute Gasteiger partial charge is 0.159 e. The summed E-state index contributed by atoms with van der Waals surface area (Å²) in [6.45, 7) is 9.06. The fourth-order valence-electron chi connectivity index (χ4n) is 1.77. The molecule has 0 spiro atoms. The summed E-state index contributed by atoms with van der Waals surface area (Å²) >= 11 is 2.22. The minimum atomic E-state index is -0.0554. The SMILES string of the molecule is CCOC(CC)c1nc(N)c(I)c(CC(C)C)n1. The molecule has 0 aliphatic heterocycles. The van der Waals surface area contributed by atoms with Crippen molar-refractivity contribution in [2.45, 2.75) is 46.6 Å². The van der Waals surface area contributed by atoms with E-state index in [-0.39, 0.29) is 6.10 Å². The molecule has 0 aliphatic carbocycles. The number of nitrogen functional groups attached to an aromatic ring is 1. The molecule has 102 valence electrons. The topological polar surface area (TPSA) is 61.0 Å². The number of nitrogens with zero attached hydrogens (tertiary/aromatic N) is 2. The second-order valence-corrected chi connectivity index (χ2v) is 5.76. The van der Waals surface area contributed by atoms with Crippen LogP contribution in [0.15, 0.2) is 0 Å². The lowest BCUT2D eigenvalue weighted by Crippen LogP contribution is -2.14. The van der Waals surface area contributed by atoms with Crippen LogP contribution in [0.5, 0.6) is 0 Å². The van der Waals surface area contributed by atoms with Gasteiger partial charge in [0, 0.05) is 6.61 Å². The Labute approximate surface area is 123 Å². The van der Waals surface area contributed by atoms with Crippen LogP contribution in [0.4, 0.5) is 5.82 Å². The molecule has 1 atom stereocenters. The first-order valence-corrected chi connectivity index (χ1v) is 7.50. The van der Waals surface area contributed by atoms with Gasteiger partial charge in [-0.1, -0.05) is 20.8 Å². The highest BCUT2D eigenvalue weighted by molar-refractivity contribution is 14.1. The van der Waals surface area contributed by atoms with Crippen LogP contribution >= 0.6 is 22.6 Å². The predicted octanol–water partition coefficient (Wildman–Crippen LogP) is 3.35. The fourth-order valence-corrected chi connectivity index (χ4v) is 2.24. The van der Waals surface area contributed by atoms with E-state index >= 15 is 0 Å². The summed E-state index contributed by atoms with van der Waals surface area (Å²) in [5.74, 6) is 1.83. The summed E-state index contributed by atoms with van der Waals surface area (Å²) in [6, 6.07) is 0. The Morgan fingerprint density at radius 1 is 1.28 bits per heavy atom. The van der Waals surface area contributed by atoms with Gasteiger partial charge >= 0.3 is 0 Å². The first-order valence-electron chi connectivity index (χ1n) is 6.42. The molecule has 0 radical (unpaired) electrons. The molecule has 18 heavy (non-hydrogen) atoms. The molecule has 0 fully saturated rings. The molecular weight excluding hydrogens is 341 g/mol. The summed E-state index contributed by atoms with van der Waals surface area (Å²) in [7, 11) is 0. The third-order valence-corrected chi connectivity index (χ3v) is 3.77. The maximum atomic E-state index is 5.97. The van der Waals surface area contributed by atoms with E-state index in [2.05, 4.69) is 53.3 Å². The van der Waals surface area contributed by atoms with Crippen LogP contribution < -0.4 is 5.73 Å². The number of ether oxygens (including phenoxy) is 1. The first-order chi connectivity index (χ1) is 8.49. The van der Waals surface area contributed by atoms with Crippen molar-refractivity contribution in [3.8, 4) is 0 Å². The number of rotatable bonds is 6. The highest BCUT2D eigenvalue weighted by atomic mass is 127. The number of hydrogen-bond acceptors (Lipinski definition) is 4. The molecule has 4 nitrogen and oxygen atoms in total. The van der Waals surface area contributed by atoms with Crippen molar-refractivity contribution < 1.29 is 4.74 Å². The maximum Gasteiger partial charge on any atom is 0.159 e. The largest absolute Gasteiger partial charge is 0.383 e. The van der Waals surface area contributed by atoms with Crippen molar-refractivity contribution in [1.29, 1.82) is 0 Å². The molecule has 0 aliphatic rings. The van der Waals surface area contributed by atoms with E-state index in [0.717, 1.165) is 22.1 Å². The number of aromatic nitrogens is 2. The molecule has 1 unspecified atom stereocenters. The van der Waals surface area contributed by atoms with E-state index in [1.54, 1.807) is 0 Å². The van der Waals surface area contributed by atoms with Crippen LogP contribution in [-0.2, 0) is 11.2 Å². The van der Waals surface area contributed by atoms with Gasteiger partial charge < -0.3 is 10.5 Å². The third kappa shape index (κ3) is 4.05. The number of nitrogens with two attached hydrogens (primary N) is 1. The summed E-state index contributed by atoms with van der Waals surface area (Å²) in [6.07, 6.45) is 1.72. The molecule has 1 aromatic heterocycles. The zero-order valence-electron chi connectivity index (χ0n) is 11.5. The van der Waals surface area contributed by atoms with Gasteiger partial charge in [-0.2, -0.15) is 0 Å². The molecule has 5 heteroatoms. The van der Waals surface area contributed by atoms with Crippen molar-refractivity contribution >= 4 is 28.4 Å². The highest BCUT2D eigenvalue weighted by Gasteiger charge is 2.17. The van der Waals surface area contributed by atoms with Crippen LogP contribution in [0.3, 0.4) is 0 Å². The second-order valence-electron chi connectivity index (χ2n) is 4.68. The van der Waals surface area contributed by atoms with Gasteiger partial charge in [0.25, 0.3) is 0 Å². The van der Waals surface area contributed by atoms with E-state index in [0.29, 0.717) is 24.2 Å². The Bertz CT molecular complexity index is 396. The Morgan fingerprint density at radius 3 is 2.44 bits per heavy atom. The van der Waals surface area contributed by atoms with Crippen molar-refractivity contribution in [2.24, 2.45) is 5.92 Å². The summed E-state index contributed by atoms with van der Waals surface area (Å²) in [5.41, 5.74) is 7.01. The Kier molecular flexibility index (Phi) is 6.28. The van der Waals surface area contributed by atoms with Crippen molar-refractivity contribution in [3.63, 3.8) is 0 Å². The zero-order chi connectivity index (χ0) is 13.7. The molecular formula is C13H22IN3O. The minimum absolute atomic E-state index is 0.0554. The van der Waals surface area contributed by atoms with Crippen LogP contribution in [0.1, 0.15) is 51.7 Å². The molecule has 1 aromatic rings. The monoisotopic (exact) mass is 363 g/mol. The third-order valence-electron chi connectivity index (χ3n) is 2.59. The molecule has 0 saturated carbocycles. The number of anilines is 1. The van der Waals surface area contributed by atoms with Crippen molar-refractivity contribution in [2.75, 3.05) is 12.3 Å². The molecule has 0 saturated heterocycles. The number of hydrogen-bond donors (Lipinski definition) is 1. The fraction of sp³-hybridized carbons (Fsp3) is 0.692. The lowest BCUT2D eigenvalue weighted by Gasteiger charge is -2.16. The average molecular weight is 363 g/mol. The number of halogens is 1. The van der Waals surface area contributed by atoms with Crippen molar-refractivity contribution in [3.05, 3.63) is 15.1 Å². The van der Waals surface area contributed by atoms with E-state index in [4.69, 9.17) is 10.5 Å². The van der Waals surface area contributed by atoms with E-state index in [9.17, 15) is 0 Å². The van der Waals surface area contributed by atoms with Crippen LogP contribution in [-0.4, -0.2) is 16.6 Å². The maximum absolute atomic E-state index is 5.97. The van der Waals surface area contributed by atoms with E-state index in [1.807, 2.05) is 6.92 Å². The molecule has 2 N–H and O–H groups in total. The second kappa shape index (κ2) is 7.23. The first kappa shape index (κ1) is 15.6. The standard InChI is InChI=1S/C13H22IN3O/c1-5-10(18-6-2)13-16-9(7-8(3)4)11(14)12(15)17-13/h8,10H,5-7H2,1-4H3,(H2,15,16,17). The van der Waals surface area contributed by atoms with Crippen LogP contribution in [0.2, 0.25) is 0 Å². The zero-order valence-corrected chi connectivity index (χ0v) is 13.7.